The van der Waals surface area contributed by atoms with E-state index >= 15 is 0 Å². The fourth-order valence-corrected chi connectivity index (χ4v) is 17.7. The van der Waals surface area contributed by atoms with Gasteiger partial charge < -0.3 is 39.7 Å². The zero-order chi connectivity index (χ0) is 51.7. The van der Waals surface area contributed by atoms with E-state index in [1.165, 1.54) is 25.7 Å². The van der Waals surface area contributed by atoms with Gasteiger partial charge in [0, 0.05) is 45.4 Å². The van der Waals surface area contributed by atoms with Crippen molar-refractivity contribution in [3.8, 4) is 0 Å². The second kappa shape index (κ2) is 19.0. The molecule has 12 saturated carbocycles. The number of morpholine rings is 2. The highest BCUT2D eigenvalue weighted by Gasteiger charge is 2.67. The molecule has 2 aliphatic heterocycles. The van der Waals surface area contributed by atoms with E-state index < -0.39 is 5.60 Å². The smallest absolute Gasteiger partial charge is 0.0911 e. The molecule has 14 rings (SSSR count). The molecule has 10 nitrogen and oxygen atoms in total. The van der Waals surface area contributed by atoms with Crippen molar-refractivity contribution in [3.05, 3.63) is 0 Å². The van der Waals surface area contributed by atoms with E-state index in [1.54, 1.807) is 7.11 Å². The van der Waals surface area contributed by atoms with E-state index in [0.717, 1.165) is 138 Å². The molecule has 4 bridgehead atoms. The Balaban J connectivity index is 0.000000119. The molecule has 2 heterocycles. The van der Waals surface area contributed by atoms with Crippen molar-refractivity contribution in [2.75, 3.05) is 59.7 Å². The van der Waals surface area contributed by atoms with E-state index in [0.29, 0.717) is 51.0 Å². The fourth-order valence-electron chi connectivity index (χ4n) is 17.7. The normalized spacial score (nSPS) is 49.3. The third-order valence-corrected chi connectivity index (χ3v) is 24.6. The molecule has 5 N–H and O–H groups in total. The Kier molecular flexibility index (Phi) is 15.1. The first kappa shape index (κ1) is 55.8. The Hall–Kier alpha value is -0.400. The number of methoxy groups -OCH3 is 1. The molecule has 2 saturated heterocycles. The van der Waals surface area contributed by atoms with E-state index in [-0.39, 0.29) is 40.8 Å². The van der Waals surface area contributed by atoms with Gasteiger partial charge in [0.2, 0.25) is 0 Å². The largest absolute Gasteiger partial charge is 0.393 e. The zero-order valence-electron chi connectivity index (χ0n) is 47.8. The van der Waals surface area contributed by atoms with Crippen LogP contribution >= 0.6 is 0 Å². The molecule has 0 amide bonds. The van der Waals surface area contributed by atoms with Gasteiger partial charge in [-0.2, -0.15) is 0 Å². The number of aliphatic hydroxyl groups excluding tert-OH is 4. The summed E-state index contributed by atoms with van der Waals surface area (Å²) < 4.78 is 16.2. The lowest BCUT2D eigenvalue weighted by Crippen LogP contribution is -2.70. The first-order valence-electron chi connectivity index (χ1n) is 28.8. The van der Waals surface area contributed by atoms with Crippen LogP contribution in [0, 0.1) is 97.1 Å². The number of rotatable bonds is 3. The van der Waals surface area contributed by atoms with Crippen LogP contribution in [-0.4, -0.2) is 143 Å². The minimum atomic E-state index is -0.518. The molecular formula is C60H108N2O8. The Morgan fingerprint density at radius 3 is 1.24 bits per heavy atom. The molecule has 0 radical (unpaired) electrons. The third kappa shape index (κ3) is 9.95. The molecule has 0 aromatic carbocycles. The lowest BCUT2D eigenvalue weighted by molar-refractivity contribution is -0.234. The predicted octanol–water partition coefficient (Wildman–Crippen LogP) is 9.32. The predicted molar refractivity (Wildman–Crippen MR) is 280 cm³/mol. The fraction of sp³-hybridized carbons (Fsp3) is 1.00. The SMILES string of the molecule is CC1(C)C[C@H]2[C@@H](CC1O)C2(C)C.CC1(C)C[C@H]2[C@@H](CC1O)C2(C)C.CC1(C)[C@@H]2CC(O)C(N3CCOCC3)[C@H]1C2.CC1(O)C(N2CCOCC2)C[C@@H]2C[C@H]1C2(C)C.COC1(C)C[C@H]2[C@@H](CC1O)C2(C)C. The zero-order valence-corrected chi connectivity index (χ0v) is 47.8. The van der Waals surface area contributed by atoms with Gasteiger partial charge in [-0.25, -0.2) is 0 Å². The Bertz CT molecular complexity index is 1770. The number of aliphatic hydroxyl groups is 5. The summed E-state index contributed by atoms with van der Waals surface area (Å²) in [6, 6.07) is 0.743. The lowest BCUT2D eigenvalue weighted by Gasteiger charge is -2.66. The van der Waals surface area contributed by atoms with Gasteiger partial charge in [0.1, 0.15) is 0 Å². The number of fused-ring (bicyclic) bond motifs is 7. The van der Waals surface area contributed by atoms with Crippen LogP contribution in [0.4, 0.5) is 0 Å². The maximum absolute atomic E-state index is 10.9. The average molecular weight is 986 g/mol. The quantitative estimate of drug-likeness (QED) is 0.186. The van der Waals surface area contributed by atoms with E-state index in [2.05, 4.69) is 114 Å². The van der Waals surface area contributed by atoms with Crippen LogP contribution in [0.5, 0.6) is 0 Å². The van der Waals surface area contributed by atoms with Gasteiger partial charge in [0.15, 0.2) is 0 Å². The van der Waals surface area contributed by atoms with Crippen LogP contribution in [0.2, 0.25) is 0 Å². The van der Waals surface area contributed by atoms with Crippen LogP contribution in [-0.2, 0) is 14.2 Å². The summed E-state index contributed by atoms with van der Waals surface area (Å²) in [4.78, 5) is 4.92. The van der Waals surface area contributed by atoms with Crippen LogP contribution in [0.15, 0.2) is 0 Å². The Labute approximate surface area is 427 Å². The molecular weight excluding hydrogens is 877 g/mol. The van der Waals surface area contributed by atoms with Crippen molar-refractivity contribution in [1.82, 2.24) is 9.80 Å². The highest BCUT2D eigenvalue weighted by molar-refractivity contribution is 5.17. The third-order valence-electron chi connectivity index (χ3n) is 24.6. The van der Waals surface area contributed by atoms with Crippen molar-refractivity contribution in [1.29, 1.82) is 0 Å². The molecule has 0 spiro atoms. The first-order chi connectivity index (χ1) is 32.2. The van der Waals surface area contributed by atoms with Gasteiger partial charge in [0.25, 0.3) is 0 Å². The van der Waals surface area contributed by atoms with Gasteiger partial charge >= 0.3 is 0 Å². The molecule has 0 aromatic heterocycles. The molecule has 406 valence electrons. The van der Waals surface area contributed by atoms with Crippen LogP contribution < -0.4 is 0 Å². The van der Waals surface area contributed by atoms with Crippen molar-refractivity contribution in [2.24, 2.45) is 97.1 Å². The highest BCUT2D eigenvalue weighted by atomic mass is 16.5. The molecule has 8 unspecified atom stereocenters. The topological polar surface area (TPSA) is 135 Å². The monoisotopic (exact) mass is 985 g/mol. The standard InChI is InChI=1S/C14H25NO2.C13H23NO2.C11H20O2.2C11H20O/c1-13(2)10-8-11(13)14(3,16)12(9-10)15-4-6-17-7-5-15;1-13(2)9-7-10(13)12(11(15)8-9)14-3-5-16-6-4-14;1-10(2)7-5-9(12)11(3,13-4)6-8(7)10;2*1-10(2)6-8-7(5-9(10)12)11(8,3)4/h10-12,16H,4-9H2,1-3H3;9-12,15H,3-8H2,1-2H3;7-9,12H,5-6H2,1-4H3;2*7-9,12H,5-6H2,1-4H3/t10-,11-,12?,14?;9-,10+,11?,12?;7-,8+,9?,11?;2*7-,8+,9?/m00111/s1. The molecule has 18 atom stereocenters. The molecule has 12 aliphatic carbocycles. The molecule has 70 heavy (non-hydrogen) atoms. The van der Waals surface area contributed by atoms with Crippen LogP contribution in [0.3, 0.4) is 0 Å². The summed E-state index contributed by atoms with van der Waals surface area (Å²) in [5.74, 6) is 7.60. The van der Waals surface area contributed by atoms with Crippen LogP contribution in [0.1, 0.15) is 175 Å². The maximum atomic E-state index is 10.9. The van der Waals surface area contributed by atoms with Crippen molar-refractivity contribution in [2.45, 2.75) is 223 Å². The second-order valence-electron chi connectivity index (χ2n) is 30.7. The van der Waals surface area contributed by atoms with Gasteiger partial charge in [-0.1, -0.05) is 96.9 Å². The first-order valence-corrected chi connectivity index (χ1v) is 28.8. The summed E-state index contributed by atoms with van der Waals surface area (Å²) in [5.41, 5.74) is 1.78. The van der Waals surface area contributed by atoms with Gasteiger partial charge in [-0.3, -0.25) is 9.80 Å². The van der Waals surface area contributed by atoms with Crippen molar-refractivity contribution >= 4 is 0 Å². The van der Waals surface area contributed by atoms with E-state index in [4.69, 9.17) is 14.2 Å². The summed E-state index contributed by atoms with van der Waals surface area (Å²) in [7, 11) is 1.71. The molecule has 14 fully saturated rings. The van der Waals surface area contributed by atoms with Gasteiger partial charge in [0.05, 0.1) is 62.0 Å². The van der Waals surface area contributed by atoms with Crippen molar-refractivity contribution < 1.29 is 39.7 Å². The van der Waals surface area contributed by atoms with Gasteiger partial charge in [-0.05, 0) is 175 Å². The summed E-state index contributed by atoms with van der Waals surface area (Å²) in [6.45, 7) is 43.6. The summed E-state index contributed by atoms with van der Waals surface area (Å²) in [5, 5.41) is 50.9. The second-order valence-corrected chi connectivity index (χ2v) is 30.7. The number of ether oxygens (including phenoxy) is 3. The number of hydrogen-bond acceptors (Lipinski definition) is 10. The van der Waals surface area contributed by atoms with E-state index in [9.17, 15) is 25.5 Å². The number of nitrogens with zero attached hydrogens (tertiary/aromatic N) is 2. The molecule has 14 aliphatic rings. The minimum Gasteiger partial charge on any atom is -0.393 e. The summed E-state index contributed by atoms with van der Waals surface area (Å²) in [6.07, 6.45) is 10.6. The van der Waals surface area contributed by atoms with Gasteiger partial charge in [-0.15, -0.1) is 0 Å². The van der Waals surface area contributed by atoms with Crippen molar-refractivity contribution in [3.63, 3.8) is 0 Å². The minimum absolute atomic E-state index is 0.0690. The Morgan fingerprint density at radius 2 is 0.843 bits per heavy atom. The number of hydrogen-bond donors (Lipinski definition) is 5. The maximum Gasteiger partial charge on any atom is 0.0911 e. The van der Waals surface area contributed by atoms with Crippen LogP contribution in [0.25, 0.3) is 0 Å². The van der Waals surface area contributed by atoms with E-state index in [1.807, 2.05) is 6.92 Å². The Morgan fingerprint density at radius 1 is 0.429 bits per heavy atom. The molecule has 10 heteroatoms. The summed E-state index contributed by atoms with van der Waals surface area (Å²) >= 11 is 0. The lowest BCUT2D eigenvalue weighted by atomic mass is 9.43. The average Bonchev–Trinajstić information content (AvgIpc) is 4.15. The molecule has 0 aromatic rings. The highest BCUT2D eigenvalue weighted by Crippen LogP contribution is 2.70.